The number of benzene rings is 1. The van der Waals surface area contributed by atoms with Crippen LogP contribution in [0.1, 0.15) is 18.4 Å². The quantitative estimate of drug-likeness (QED) is 0.685. The van der Waals surface area contributed by atoms with Crippen molar-refractivity contribution in [1.29, 1.82) is 0 Å². The number of nitrogens with one attached hydrogen (secondary N) is 1. The van der Waals surface area contributed by atoms with Crippen LogP contribution in [0.5, 0.6) is 0 Å². The number of anilines is 1. The van der Waals surface area contributed by atoms with Crippen LogP contribution in [0.15, 0.2) is 24.3 Å². The van der Waals surface area contributed by atoms with E-state index in [9.17, 15) is 18.3 Å². The van der Waals surface area contributed by atoms with Crippen molar-refractivity contribution in [3.63, 3.8) is 0 Å². The van der Waals surface area contributed by atoms with Crippen LogP contribution in [0, 0.1) is 12.8 Å². The third kappa shape index (κ3) is 5.72. The minimum atomic E-state index is -3.38. The van der Waals surface area contributed by atoms with Crippen molar-refractivity contribution in [2.45, 2.75) is 25.4 Å². The summed E-state index contributed by atoms with van der Waals surface area (Å²) in [6.45, 7) is 5.50. The van der Waals surface area contributed by atoms with Gasteiger partial charge in [-0.25, -0.2) is 12.7 Å². The van der Waals surface area contributed by atoms with E-state index in [1.54, 1.807) is 7.05 Å². The SMILES string of the molecule is CNC(=O)C1CN(CC2(O)CCN(c3cccc(C)c3)CC2)CCN(S(C)(=O)=O)C1. The molecule has 8 nitrogen and oxygen atoms in total. The Balaban J connectivity index is 1.65. The van der Waals surface area contributed by atoms with Gasteiger partial charge in [0.1, 0.15) is 0 Å². The lowest BCUT2D eigenvalue weighted by molar-refractivity contribution is -0.125. The zero-order chi connectivity index (χ0) is 21.9. The standard InChI is InChI=1S/C21H34N4O4S/c1-17-5-4-6-19(13-17)24-9-7-21(27,8-10-24)16-23-11-12-25(30(3,28)29)15-18(14-23)20(26)22-2/h4-6,13,18,27H,7-12,14-16H2,1-3H3,(H,22,26). The molecule has 2 saturated heterocycles. The number of sulfonamides is 1. The number of nitrogens with zero attached hydrogens (tertiary/aromatic N) is 3. The smallest absolute Gasteiger partial charge is 0.225 e. The predicted molar refractivity (Wildman–Crippen MR) is 118 cm³/mol. The molecule has 0 spiro atoms. The summed E-state index contributed by atoms with van der Waals surface area (Å²) in [5.41, 5.74) is 1.55. The van der Waals surface area contributed by atoms with Crippen LogP contribution in [-0.2, 0) is 14.8 Å². The van der Waals surface area contributed by atoms with Gasteiger partial charge in [0, 0.05) is 58.5 Å². The number of aliphatic hydroxyl groups is 1. The number of carbonyl (C=O) groups excluding carboxylic acids is 1. The molecular formula is C21H34N4O4S. The van der Waals surface area contributed by atoms with Gasteiger partial charge in [-0.3, -0.25) is 9.69 Å². The second kappa shape index (κ2) is 9.21. The van der Waals surface area contributed by atoms with Crippen LogP contribution in [0.2, 0.25) is 0 Å². The van der Waals surface area contributed by atoms with Crippen molar-refractivity contribution in [1.82, 2.24) is 14.5 Å². The lowest BCUT2D eigenvalue weighted by Crippen LogP contribution is -2.52. The maximum absolute atomic E-state index is 12.3. The molecule has 0 bridgehead atoms. The van der Waals surface area contributed by atoms with Gasteiger partial charge in [0.25, 0.3) is 0 Å². The molecule has 1 aromatic rings. The predicted octanol–water partition coefficient (Wildman–Crippen LogP) is 0.266. The van der Waals surface area contributed by atoms with E-state index in [1.807, 2.05) is 4.90 Å². The zero-order valence-corrected chi connectivity index (χ0v) is 19.0. The Bertz CT molecular complexity index is 852. The Hall–Kier alpha value is -1.68. The maximum Gasteiger partial charge on any atom is 0.225 e. The molecule has 1 amide bonds. The Morgan fingerprint density at radius 2 is 1.90 bits per heavy atom. The minimum absolute atomic E-state index is 0.170. The molecule has 1 unspecified atom stereocenters. The molecule has 168 valence electrons. The summed E-state index contributed by atoms with van der Waals surface area (Å²) >= 11 is 0. The highest BCUT2D eigenvalue weighted by Crippen LogP contribution is 2.28. The topological polar surface area (TPSA) is 93.2 Å². The summed E-state index contributed by atoms with van der Waals surface area (Å²) in [5.74, 6) is -0.625. The van der Waals surface area contributed by atoms with Gasteiger partial charge in [-0.15, -0.1) is 0 Å². The molecule has 1 aromatic carbocycles. The monoisotopic (exact) mass is 438 g/mol. The number of amides is 1. The van der Waals surface area contributed by atoms with Crippen LogP contribution in [0.3, 0.4) is 0 Å². The molecule has 3 rings (SSSR count). The van der Waals surface area contributed by atoms with E-state index in [1.165, 1.54) is 21.8 Å². The molecule has 2 heterocycles. The average Bonchev–Trinajstić information content (AvgIpc) is 2.90. The molecular weight excluding hydrogens is 404 g/mol. The first kappa shape index (κ1) is 23.0. The van der Waals surface area contributed by atoms with Crippen molar-refractivity contribution in [2.24, 2.45) is 5.92 Å². The summed E-state index contributed by atoms with van der Waals surface area (Å²) in [6, 6.07) is 8.38. The molecule has 1 atom stereocenters. The van der Waals surface area contributed by atoms with Crippen LogP contribution in [0.25, 0.3) is 0 Å². The van der Waals surface area contributed by atoms with Gasteiger partial charge in [-0.1, -0.05) is 12.1 Å². The molecule has 9 heteroatoms. The molecule has 2 aliphatic heterocycles. The number of hydrogen-bond donors (Lipinski definition) is 2. The fraction of sp³-hybridized carbons (Fsp3) is 0.667. The van der Waals surface area contributed by atoms with Crippen LogP contribution < -0.4 is 10.2 Å². The molecule has 0 aromatic heterocycles. The van der Waals surface area contributed by atoms with Crippen molar-refractivity contribution in [2.75, 3.05) is 64.0 Å². The normalized spacial score (nSPS) is 23.7. The number of hydrogen-bond acceptors (Lipinski definition) is 6. The highest BCUT2D eigenvalue weighted by atomic mass is 32.2. The second-order valence-electron chi connectivity index (χ2n) is 8.72. The van der Waals surface area contributed by atoms with E-state index in [0.717, 1.165) is 13.1 Å². The Kier molecular flexibility index (Phi) is 7.06. The first-order valence-electron chi connectivity index (χ1n) is 10.5. The summed E-state index contributed by atoms with van der Waals surface area (Å²) < 4.78 is 25.5. The molecule has 0 saturated carbocycles. The van der Waals surface area contributed by atoms with Gasteiger partial charge >= 0.3 is 0 Å². The minimum Gasteiger partial charge on any atom is -0.388 e. The van der Waals surface area contributed by atoms with E-state index in [0.29, 0.717) is 39.0 Å². The number of carbonyl (C=O) groups is 1. The number of rotatable bonds is 5. The van der Waals surface area contributed by atoms with Crippen LogP contribution in [0.4, 0.5) is 5.69 Å². The van der Waals surface area contributed by atoms with Gasteiger partial charge in [0.05, 0.1) is 17.8 Å². The molecule has 2 fully saturated rings. The summed E-state index contributed by atoms with van der Waals surface area (Å²) in [4.78, 5) is 16.7. The maximum atomic E-state index is 12.3. The number of piperidine rings is 1. The van der Waals surface area contributed by atoms with Crippen LogP contribution in [-0.4, -0.2) is 93.4 Å². The van der Waals surface area contributed by atoms with Crippen LogP contribution >= 0.6 is 0 Å². The van der Waals surface area contributed by atoms with Crippen molar-refractivity contribution in [3.05, 3.63) is 29.8 Å². The Morgan fingerprint density at radius 3 is 2.50 bits per heavy atom. The van der Waals surface area contributed by atoms with Gasteiger partial charge in [-0.2, -0.15) is 0 Å². The van der Waals surface area contributed by atoms with E-state index >= 15 is 0 Å². The summed E-state index contributed by atoms with van der Waals surface area (Å²) in [6.07, 6.45) is 2.45. The third-order valence-electron chi connectivity index (χ3n) is 6.23. The Morgan fingerprint density at radius 1 is 1.20 bits per heavy atom. The van der Waals surface area contributed by atoms with E-state index in [2.05, 4.69) is 41.4 Å². The third-order valence-corrected chi connectivity index (χ3v) is 7.50. The fourth-order valence-corrected chi connectivity index (χ4v) is 5.31. The van der Waals surface area contributed by atoms with Gasteiger partial charge in [0.2, 0.25) is 15.9 Å². The lowest BCUT2D eigenvalue weighted by atomic mass is 9.90. The summed E-state index contributed by atoms with van der Waals surface area (Å²) in [7, 11) is -1.81. The van der Waals surface area contributed by atoms with E-state index in [-0.39, 0.29) is 12.5 Å². The molecule has 0 aliphatic carbocycles. The van der Waals surface area contributed by atoms with E-state index < -0.39 is 21.5 Å². The first-order valence-corrected chi connectivity index (χ1v) is 12.4. The highest BCUT2D eigenvalue weighted by molar-refractivity contribution is 7.88. The largest absolute Gasteiger partial charge is 0.388 e. The van der Waals surface area contributed by atoms with Crippen molar-refractivity contribution < 1.29 is 18.3 Å². The molecule has 30 heavy (non-hydrogen) atoms. The summed E-state index contributed by atoms with van der Waals surface area (Å²) in [5, 5.41) is 13.9. The second-order valence-corrected chi connectivity index (χ2v) is 10.7. The van der Waals surface area contributed by atoms with Gasteiger partial charge < -0.3 is 15.3 Å². The first-order chi connectivity index (χ1) is 14.1. The van der Waals surface area contributed by atoms with E-state index in [4.69, 9.17) is 0 Å². The fourth-order valence-electron chi connectivity index (χ4n) is 4.45. The number of aryl methyl sites for hydroxylation is 1. The number of β-amino-alcohol motifs (C(OH)–C–C–N with tert-alkyl or cyclic N) is 1. The average molecular weight is 439 g/mol. The zero-order valence-electron chi connectivity index (χ0n) is 18.2. The lowest BCUT2D eigenvalue weighted by Gasteiger charge is -2.42. The van der Waals surface area contributed by atoms with Gasteiger partial charge in [-0.05, 0) is 37.5 Å². The molecule has 2 N–H and O–H groups in total. The molecule has 0 radical (unpaired) electrons. The van der Waals surface area contributed by atoms with Crippen molar-refractivity contribution in [3.8, 4) is 0 Å². The highest BCUT2D eigenvalue weighted by Gasteiger charge is 2.37. The Labute approximate surface area is 179 Å². The molecule has 2 aliphatic rings. The van der Waals surface area contributed by atoms with Crippen molar-refractivity contribution >= 4 is 21.6 Å². The van der Waals surface area contributed by atoms with Gasteiger partial charge in [0.15, 0.2) is 0 Å².